The van der Waals surface area contributed by atoms with Crippen LogP contribution in [0.2, 0.25) is 0 Å². The number of amides is 12. The van der Waals surface area contributed by atoms with Crippen LogP contribution in [0.4, 0.5) is 0 Å². The van der Waals surface area contributed by atoms with Crippen molar-refractivity contribution in [3.05, 3.63) is 83.8 Å². The van der Waals surface area contributed by atoms with Crippen molar-refractivity contribution in [3.8, 4) is 0 Å². The van der Waals surface area contributed by atoms with Crippen molar-refractivity contribution >= 4 is 123 Å². The number of para-hydroxylation sites is 1. The summed E-state index contributed by atoms with van der Waals surface area (Å²) in [6.45, 7) is 19.6. The Morgan fingerprint density at radius 2 is 1.24 bits per heavy atom. The van der Waals surface area contributed by atoms with Gasteiger partial charge in [0.15, 0.2) is 17.5 Å². The van der Waals surface area contributed by atoms with Gasteiger partial charge in [-0.3, -0.25) is 91.7 Å². The van der Waals surface area contributed by atoms with E-state index in [2.05, 4.69) is 89.9 Å². The summed E-state index contributed by atoms with van der Waals surface area (Å²) in [6.07, 6.45) is -0.280. The molecule has 24 N–H and O–H groups in total. The molecule has 3 unspecified atom stereocenters. The number of primary amides is 1. The number of fused-ring (bicyclic) bond motifs is 2. The van der Waals surface area contributed by atoms with Crippen LogP contribution in [0.25, 0.3) is 10.9 Å². The lowest BCUT2D eigenvalue weighted by molar-refractivity contribution is -0.142. The lowest BCUT2D eigenvalue weighted by Crippen LogP contribution is -2.66. The fraction of sp³-hybridized carbons (Fsp3) is 0.602. The standard InChI is InChI=1S/C88H134N22O20/c1-14-48(6)71-82(127)95-46-68(114)99-65(43-70(117)118)81(126)106-87(12,66(112)42-55(74(119)51(9)89)40-54-25-18-17-19-26-54)35-22-27-57-45-96-109-110(57)38-24-36-88(13,85(130)105-71)108-107-60(30-23-37-93-86(91)92)75(120)76(121)63(39-47(4)5)102-79(124)62(32-34-69(115)116)101-78(123)61(31-33-67(90)113)100-77(122)52(10)97-83(128)73(50(8)16-3)104-80(125)64(41-56-44-94-59-29-21-20-28-58(56)59)103-84(129)72(49(7)15-2)98-53(11)111/h17-21,25-26,28-29,44-45,47-52,55,60-65,71-73,94,107-108H,14-16,22-24,27,30-43,46,89H2,1-13H3,(H2,90,113)(H,95,127)(H,97,128)(H,98,111)(H,99,114)(H,100,122)(H,101,123)(H,102,124)(H,103,129)(H,104,125)(H,105,130)(H,106,126)(H,115,116)(H,117,118)(H4,91,92,93)/t48-,49-,50-,51?,52-,55+,60-,61?,62-,63?,64-,65-,71-,72-,73-,87-,88-/m0/s1. The molecule has 4 aromatic rings. The highest BCUT2D eigenvalue weighted by Crippen LogP contribution is 2.27. The number of guanidine groups is 1. The first kappa shape index (κ1) is 108. The molecular weight excluding hydrogens is 1690 g/mol. The van der Waals surface area contributed by atoms with Crippen LogP contribution < -0.4 is 91.9 Å². The van der Waals surface area contributed by atoms with E-state index in [1.165, 1.54) is 45.5 Å². The maximum atomic E-state index is 15.3. The number of nitrogens with two attached hydrogens (primary N) is 3. The molecule has 130 heavy (non-hydrogen) atoms. The molecule has 0 saturated heterocycles. The first-order valence-electron chi connectivity index (χ1n) is 44.2. The lowest BCUT2D eigenvalue weighted by atomic mass is 9.80. The number of aromatic nitrogens is 4. The van der Waals surface area contributed by atoms with Gasteiger partial charge in [-0.2, -0.15) is 0 Å². The normalized spacial score (nSPS) is 19.6. The van der Waals surface area contributed by atoms with Crippen molar-refractivity contribution in [2.75, 3.05) is 13.1 Å². The minimum atomic E-state index is -1.90. The Balaban J connectivity index is 1.45. The molecule has 0 bridgehead atoms. The number of hydrazine groups is 1. The second-order valence-corrected chi connectivity index (χ2v) is 34.6. The molecule has 1 aliphatic heterocycles. The molecule has 3 heterocycles. The summed E-state index contributed by atoms with van der Waals surface area (Å²) in [5.41, 5.74) is 22.0. The second kappa shape index (κ2) is 52.3. The number of carbonyl (C=O) groups excluding carboxylic acids is 16. The van der Waals surface area contributed by atoms with E-state index in [0.717, 1.165) is 16.5 Å². The number of nitrogens with zero attached hydrogens (tertiary/aromatic N) is 3. The number of nitrogens with one attached hydrogen (secondary N) is 16. The van der Waals surface area contributed by atoms with E-state index in [9.17, 15) is 82.1 Å². The van der Waals surface area contributed by atoms with Crippen LogP contribution >= 0.6 is 0 Å². The third kappa shape index (κ3) is 34.2. The minimum Gasteiger partial charge on any atom is -0.481 e. The predicted octanol–water partition coefficient (Wildman–Crippen LogP) is -0.341. The van der Waals surface area contributed by atoms with Crippen molar-refractivity contribution in [2.24, 2.45) is 46.8 Å². The van der Waals surface area contributed by atoms with Crippen molar-refractivity contribution < 1.29 is 96.5 Å². The topological polar surface area (TPSA) is 665 Å². The van der Waals surface area contributed by atoms with E-state index < -0.39 is 258 Å². The number of aromatic amines is 1. The van der Waals surface area contributed by atoms with Crippen LogP contribution in [0.5, 0.6) is 0 Å². The number of H-pyrrole nitrogens is 1. The van der Waals surface area contributed by atoms with Crippen molar-refractivity contribution in [2.45, 2.75) is 296 Å². The Morgan fingerprint density at radius 1 is 0.646 bits per heavy atom. The number of carboxylic acids is 2. The number of rotatable bonds is 48. The summed E-state index contributed by atoms with van der Waals surface area (Å²) < 4.78 is 1.52. The summed E-state index contributed by atoms with van der Waals surface area (Å²) in [5, 5.41) is 68.1. The van der Waals surface area contributed by atoms with E-state index in [1.54, 1.807) is 91.1 Å². The molecule has 0 saturated carbocycles. The largest absolute Gasteiger partial charge is 0.481 e. The number of aliphatic carboxylic acids is 2. The highest BCUT2D eigenvalue weighted by molar-refractivity contribution is 6.41. The summed E-state index contributed by atoms with van der Waals surface area (Å²) in [5.74, 6) is -21.2. The number of carboxylic acid groups (broad SMARTS) is 2. The number of aryl methyl sites for hydroxylation is 2. The molecule has 0 radical (unpaired) electrons. The summed E-state index contributed by atoms with van der Waals surface area (Å²) in [7, 11) is 0. The van der Waals surface area contributed by atoms with Crippen LogP contribution in [-0.4, -0.2) is 233 Å². The molecule has 1 aliphatic rings. The van der Waals surface area contributed by atoms with Gasteiger partial charge >= 0.3 is 11.9 Å². The van der Waals surface area contributed by atoms with Crippen LogP contribution in [0, 0.1) is 35.0 Å². The molecule has 0 spiro atoms. The van der Waals surface area contributed by atoms with Gasteiger partial charge in [-0.1, -0.05) is 128 Å². The number of carbonyl (C=O) groups is 18. The number of hydrogen-bond donors (Lipinski definition) is 21. The SMILES string of the molecule is CC[C@H](C)[C@H](NC(C)=O)C(=O)N[C@@H](Cc1c[nH]c2ccccc12)C(=O)N[C@H](C(=O)N[C@@H](C)C(=O)NC(CCC(N)=O)C(=O)N[C@@H](CCC(=O)O)C(=O)NC(CC(C)C)C(=O)C(=O)[C@H](CCCNC(=N)N)NN[C@@]1(C)CCCn2nncc2CCC[C@@](C)(C(=O)C[C@@H](Cc2ccccc2)C(=O)C(C)N)NC(=O)[C@H](CC(=O)O)NC(=O)CNC(=O)[C@H]([C@@H](C)CC)NC1=O)[C@@H](C)CC. The summed E-state index contributed by atoms with van der Waals surface area (Å²) in [6, 6.07) is -0.418. The van der Waals surface area contributed by atoms with Gasteiger partial charge < -0.3 is 96.2 Å². The quantitative estimate of drug-likeness (QED) is 0.00884. The Labute approximate surface area is 755 Å². The van der Waals surface area contributed by atoms with E-state index >= 15 is 14.4 Å². The Bertz CT molecular complexity index is 4630. The van der Waals surface area contributed by atoms with Gasteiger partial charge in [0.2, 0.25) is 82.5 Å². The first-order chi connectivity index (χ1) is 61.2. The van der Waals surface area contributed by atoms with Crippen LogP contribution in [0.3, 0.4) is 0 Å². The fourth-order valence-corrected chi connectivity index (χ4v) is 14.9. The van der Waals surface area contributed by atoms with Gasteiger partial charge in [0.1, 0.15) is 53.9 Å². The van der Waals surface area contributed by atoms with E-state index in [1.807, 2.05) is 25.1 Å². The molecule has 2 aromatic carbocycles. The monoisotopic (exact) mass is 1820 g/mol. The van der Waals surface area contributed by atoms with Crippen molar-refractivity contribution in [3.63, 3.8) is 0 Å². The zero-order valence-corrected chi connectivity index (χ0v) is 76.5. The first-order valence-corrected chi connectivity index (χ1v) is 44.2. The molecule has 2 aromatic heterocycles. The molecule has 12 amide bonds. The smallest absolute Gasteiger partial charge is 0.305 e. The average molecular weight is 1820 g/mol. The fourth-order valence-electron chi connectivity index (χ4n) is 14.9. The third-order valence-electron chi connectivity index (χ3n) is 23.3. The van der Waals surface area contributed by atoms with E-state index in [4.69, 9.17) is 22.6 Å². The maximum Gasteiger partial charge on any atom is 0.305 e. The van der Waals surface area contributed by atoms with Gasteiger partial charge in [0, 0.05) is 68.7 Å². The number of benzene rings is 2. The molecule has 42 nitrogen and oxygen atoms in total. The minimum absolute atomic E-state index is 0.00472. The van der Waals surface area contributed by atoms with Crippen LogP contribution in [-0.2, 0) is 112 Å². The maximum absolute atomic E-state index is 15.3. The average Bonchev–Trinajstić information content (AvgIpc) is 1.77. The zero-order chi connectivity index (χ0) is 97.0. The van der Waals surface area contributed by atoms with Gasteiger partial charge in [0.05, 0.1) is 48.5 Å². The van der Waals surface area contributed by atoms with Gasteiger partial charge in [0.25, 0.3) is 0 Å². The van der Waals surface area contributed by atoms with Gasteiger partial charge in [-0.05, 0) is 139 Å². The highest BCUT2D eigenvalue weighted by Gasteiger charge is 2.44. The molecule has 42 heteroatoms. The number of Topliss-reactive ketones (excluding diaryl/α,β-unsaturated/α-hetero) is 4. The van der Waals surface area contributed by atoms with Crippen LogP contribution in [0.15, 0.2) is 67.0 Å². The molecule has 0 fully saturated rings. The Morgan fingerprint density at radius 3 is 1.84 bits per heavy atom. The molecular formula is C88H134N22O20. The summed E-state index contributed by atoms with van der Waals surface area (Å²) >= 11 is 0. The molecule has 716 valence electrons. The molecule has 17 atom stereocenters. The Kier molecular flexibility index (Phi) is 43.4. The van der Waals surface area contributed by atoms with E-state index in [0.29, 0.717) is 24.1 Å². The number of hydrogen-bond acceptors (Lipinski definition) is 24. The highest BCUT2D eigenvalue weighted by atomic mass is 16.4. The third-order valence-corrected chi connectivity index (χ3v) is 23.3. The second-order valence-electron chi connectivity index (χ2n) is 34.6. The summed E-state index contributed by atoms with van der Waals surface area (Å²) in [4.78, 5) is 256. The lowest BCUT2D eigenvalue weighted by Gasteiger charge is -2.34. The molecule has 0 aliphatic carbocycles. The van der Waals surface area contributed by atoms with Crippen molar-refractivity contribution in [1.29, 1.82) is 5.41 Å². The zero-order valence-electron chi connectivity index (χ0n) is 76.5. The number of ketones is 4. The van der Waals surface area contributed by atoms with Gasteiger partial charge in [-0.25, -0.2) is 15.5 Å². The Hall–Kier alpha value is -12.5. The molecule has 5 rings (SSSR count). The van der Waals surface area contributed by atoms with E-state index in [-0.39, 0.29) is 89.6 Å². The van der Waals surface area contributed by atoms with Gasteiger partial charge in [-0.15, -0.1) is 5.10 Å². The van der Waals surface area contributed by atoms with Crippen molar-refractivity contribution in [1.82, 2.24) is 94.6 Å². The predicted molar refractivity (Wildman–Crippen MR) is 477 cm³/mol. The van der Waals surface area contributed by atoms with Crippen LogP contribution in [0.1, 0.15) is 210 Å².